The van der Waals surface area contributed by atoms with Crippen LogP contribution in [0.4, 0.5) is 48.3 Å². The van der Waals surface area contributed by atoms with Crippen molar-refractivity contribution in [3.05, 3.63) is 29.8 Å². The maximum Gasteiger partial charge on any atom is 0.460 e. The van der Waals surface area contributed by atoms with Crippen LogP contribution in [0.1, 0.15) is 38.4 Å². The largest absolute Gasteiger partial charge is 0.491 e. The lowest BCUT2D eigenvalue weighted by atomic mass is 9.92. The van der Waals surface area contributed by atoms with E-state index in [1.165, 1.54) is 12.1 Å². The summed E-state index contributed by atoms with van der Waals surface area (Å²) in [6.07, 6.45) is -11.4. The van der Waals surface area contributed by atoms with E-state index in [0.717, 1.165) is 19.2 Å². The van der Waals surface area contributed by atoms with Crippen molar-refractivity contribution in [3.8, 4) is 5.75 Å². The van der Waals surface area contributed by atoms with Crippen molar-refractivity contribution < 1.29 is 57.8 Å². The molecule has 0 amide bonds. The highest BCUT2D eigenvalue weighted by Gasteiger charge is 2.87. The van der Waals surface area contributed by atoms with E-state index in [2.05, 4.69) is 4.74 Å². The van der Waals surface area contributed by atoms with Crippen molar-refractivity contribution in [1.82, 2.24) is 0 Å². The normalized spacial score (nSPS) is 16.2. The van der Waals surface area contributed by atoms with Gasteiger partial charge in [-0.3, -0.25) is 0 Å². The fourth-order valence-corrected chi connectivity index (χ4v) is 2.41. The van der Waals surface area contributed by atoms with Crippen LogP contribution >= 0.6 is 0 Å². The van der Waals surface area contributed by atoms with Gasteiger partial charge < -0.3 is 9.47 Å². The summed E-state index contributed by atoms with van der Waals surface area (Å²) in [4.78, 5) is 0. The van der Waals surface area contributed by atoms with Crippen molar-refractivity contribution in [3.63, 3.8) is 0 Å². The van der Waals surface area contributed by atoms with E-state index in [4.69, 9.17) is 4.74 Å². The molecule has 0 aliphatic carbocycles. The summed E-state index contributed by atoms with van der Waals surface area (Å²) in [5.41, 5.74) is -0.273. The van der Waals surface area contributed by atoms with Crippen LogP contribution in [0.25, 0.3) is 0 Å². The molecule has 0 aromatic heterocycles. The molecule has 0 heterocycles. The van der Waals surface area contributed by atoms with Crippen molar-refractivity contribution in [2.45, 2.75) is 68.8 Å². The predicted octanol–water partition coefficient (Wildman–Crippen LogP) is 7.05. The van der Waals surface area contributed by atoms with Gasteiger partial charge in [0, 0.05) is 13.5 Å². The zero-order chi connectivity index (χ0) is 24.5. The minimum Gasteiger partial charge on any atom is -0.491 e. The van der Waals surface area contributed by atoms with Crippen molar-refractivity contribution in [2.24, 2.45) is 0 Å². The molecule has 0 aliphatic heterocycles. The Hall–Kier alpha value is -1.79. The zero-order valence-electron chi connectivity index (χ0n) is 16.4. The van der Waals surface area contributed by atoms with E-state index < -0.39 is 42.4 Å². The molecule has 180 valence electrons. The number of benzene rings is 1. The number of rotatable bonds is 10. The second kappa shape index (κ2) is 8.99. The van der Waals surface area contributed by atoms with Crippen molar-refractivity contribution in [1.29, 1.82) is 0 Å². The minimum atomic E-state index is -7.44. The molecule has 0 N–H and O–H groups in total. The molecule has 0 radical (unpaired) electrons. The quantitative estimate of drug-likeness (QED) is 0.337. The van der Waals surface area contributed by atoms with Crippen LogP contribution in [0.5, 0.6) is 5.75 Å². The number of hydrogen-bond acceptors (Lipinski definition) is 2. The Kier molecular flexibility index (Phi) is 7.90. The Morgan fingerprint density at radius 2 is 1.39 bits per heavy atom. The molecule has 2 atom stereocenters. The predicted molar refractivity (Wildman–Crippen MR) is 87.0 cm³/mol. The average Bonchev–Trinajstić information content (AvgIpc) is 2.64. The lowest BCUT2D eigenvalue weighted by Crippen LogP contribution is -2.66. The molecule has 0 saturated heterocycles. The van der Waals surface area contributed by atoms with Gasteiger partial charge in [-0.1, -0.05) is 19.1 Å². The molecule has 2 nitrogen and oxygen atoms in total. The zero-order valence-corrected chi connectivity index (χ0v) is 16.4. The van der Waals surface area contributed by atoms with E-state index in [1.807, 2.05) is 0 Å². The average molecular weight is 476 g/mol. The summed E-state index contributed by atoms with van der Waals surface area (Å²) < 4.78 is 155. The monoisotopic (exact) mass is 476 g/mol. The van der Waals surface area contributed by atoms with E-state index in [0.29, 0.717) is 6.42 Å². The van der Waals surface area contributed by atoms with Gasteiger partial charge in [-0.05, 0) is 31.0 Å². The highest BCUT2D eigenvalue weighted by atomic mass is 19.4. The summed E-state index contributed by atoms with van der Waals surface area (Å²) in [5, 5.41) is 0. The van der Waals surface area contributed by atoms with Crippen LogP contribution in [-0.2, 0) is 4.74 Å². The number of methoxy groups -OCH3 is 1. The highest BCUT2D eigenvalue weighted by Crippen LogP contribution is 2.58. The van der Waals surface area contributed by atoms with Crippen molar-refractivity contribution in [2.75, 3.05) is 7.11 Å². The first kappa shape index (κ1) is 27.2. The first-order valence-corrected chi connectivity index (χ1v) is 8.73. The molecule has 1 rings (SSSR count). The van der Waals surface area contributed by atoms with E-state index in [1.54, 1.807) is 13.8 Å². The second-order valence-electron chi connectivity index (χ2n) is 6.76. The van der Waals surface area contributed by atoms with E-state index in [-0.39, 0.29) is 17.4 Å². The van der Waals surface area contributed by atoms with E-state index >= 15 is 0 Å². The van der Waals surface area contributed by atoms with Gasteiger partial charge >= 0.3 is 29.9 Å². The minimum absolute atomic E-state index is 0.0814. The standard InChI is InChI=1S/C18H19F11O2/c1-4-10(2)31-12-7-5-6-11(8-12)13(30-3)9-14(19,20)15(21,22)16(23,24)17(25,26)18(27,28)29/h5-8,10,13H,4,9H2,1-3H3. The van der Waals surface area contributed by atoms with Crippen molar-refractivity contribution >= 4 is 0 Å². The van der Waals surface area contributed by atoms with Gasteiger partial charge in [0.1, 0.15) is 5.75 Å². The molecule has 0 fully saturated rings. The molecule has 1 aromatic carbocycles. The molecule has 0 bridgehead atoms. The summed E-state index contributed by atoms with van der Waals surface area (Å²) in [6, 6.07) is 4.75. The Balaban J connectivity index is 3.27. The van der Waals surface area contributed by atoms with Crippen LogP contribution < -0.4 is 4.74 Å². The first-order chi connectivity index (χ1) is 13.9. The lowest BCUT2D eigenvalue weighted by Gasteiger charge is -2.38. The summed E-state index contributed by atoms with van der Waals surface area (Å²) in [7, 11) is 0.740. The van der Waals surface area contributed by atoms with Crippen LogP contribution in [0.3, 0.4) is 0 Å². The summed E-state index contributed by atoms with van der Waals surface area (Å²) in [5.74, 6) is -27.9. The molecule has 1 aromatic rings. The van der Waals surface area contributed by atoms with E-state index in [9.17, 15) is 48.3 Å². The van der Waals surface area contributed by atoms with Gasteiger partial charge in [-0.2, -0.15) is 48.3 Å². The fraction of sp³-hybridized carbons (Fsp3) is 0.667. The van der Waals surface area contributed by atoms with Crippen LogP contribution in [-0.4, -0.2) is 43.1 Å². The Morgan fingerprint density at radius 3 is 1.84 bits per heavy atom. The number of halogens is 11. The Morgan fingerprint density at radius 1 is 0.839 bits per heavy atom. The number of alkyl halides is 11. The van der Waals surface area contributed by atoms with Gasteiger partial charge in [0.15, 0.2) is 0 Å². The molecular weight excluding hydrogens is 457 g/mol. The Bertz CT molecular complexity index is 731. The lowest BCUT2D eigenvalue weighted by molar-refractivity contribution is -0.423. The van der Waals surface area contributed by atoms with Crippen LogP contribution in [0.2, 0.25) is 0 Å². The molecular formula is C18H19F11O2. The maximum atomic E-state index is 14.1. The summed E-state index contributed by atoms with van der Waals surface area (Å²) in [6.45, 7) is 3.41. The SMILES string of the molecule is CCC(C)Oc1cccc(C(CC(F)(F)C(F)(F)C(F)(F)C(F)(F)C(F)(F)F)OC)c1. The van der Waals surface area contributed by atoms with Gasteiger partial charge in [-0.15, -0.1) is 0 Å². The highest BCUT2D eigenvalue weighted by molar-refractivity contribution is 5.30. The third kappa shape index (κ3) is 5.17. The third-order valence-electron chi connectivity index (χ3n) is 4.47. The first-order valence-electron chi connectivity index (χ1n) is 8.73. The van der Waals surface area contributed by atoms with Gasteiger partial charge in [0.05, 0.1) is 12.2 Å². The molecule has 31 heavy (non-hydrogen) atoms. The molecule has 0 aliphatic rings. The van der Waals surface area contributed by atoms with Crippen LogP contribution in [0, 0.1) is 0 Å². The second-order valence-corrected chi connectivity index (χ2v) is 6.76. The Labute approximate surface area is 170 Å². The molecule has 0 saturated carbocycles. The summed E-state index contributed by atoms with van der Waals surface area (Å²) >= 11 is 0. The molecule has 0 spiro atoms. The van der Waals surface area contributed by atoms with Gasteiger partial charge in [0.25, 0.3) is 0 Å². The topological polar surface area (TPSA) is 18.5 Å². The van der Waals surface area contributed by atoms with Crippen LogP contribution in [0.15, 0.2) is 24.3 Å². The number of ether oxygens (including phenoxy) is 2. The third-order valence-corrected chi connectivity index (χ3v) is 4.47. The maximum absolute atomic E-state index is 14.1. The molecule has 13 heteroatoms. The van der Waals surface area contributed by atoms with Gasteiger partial charge in [0.2, 0.25) is 0 Å². The van der Waals surface area contributed by atoms with Gasteiger partial charge in [-0.25, -0.2) is 0 Å². The fourth-order valence-electron chi connectivity index (χ4n) is 2.41. The number of hydrogen-bond donors (Lipinski definition) is 0. The smallest absolute Gasteiger partial charge is 0.460 e. The molecule has 2 unspecified atom stereocenters.